The zero-order valence-corrected chi connectivity index (χ0v) is 12.4. The highest BCUT2D eigenvalue weighted by Crippen LogP contribution is 2.17. The molecule has 2 N–H and O–H groups in total. The van der Waals surface area contributed by atoms with Crippen LogP contribution in [0.15, 0.2) is 48.5 Å². The second kappa shape index (κ2) is 7.32. The third-order valence-electron chi connectivity index (χ3n) is 3.19. The summed E-state index contributed by atoms with van der Waals surface area (Å²) < 4.78 is 5.66. The lowest BCUT2D eigenvalue weighted by atomic mass is 10.0. The minimum absolute atomic E-state index is 0.0264. The Morgan fingerprint density at radius 1 is 1.10 bits per heavy atom. The van der Waals surface area contributed by atoms with Crippen LogP contribution < -0.4 is 10.5 Å². The van der Waals surface area contributed by atoms with Gasteiger partial charge in [0.2, 0.25) is 0 Å². The zero-order valence-electron chi connectivity index (χ0n) is 11.7. The van der Waals surface area contributed by atoms with Crippen LogP contribution in [0.1, 0.15) is 18.1 Å². The molecule has 0 spiro atoms. The van der Waals surface area contributed by atoms with Crippen molar-refractivity contribution in [1.29, 1.82) is 0 Å². The van der Waals surface area contributed by atoms with E-state index in [1.54, 1.807) is 6.07 Å². The van der Waals surface area contributed by atoms with Gasteiger partial charge in [-0.3, -0.25) is 0 Å². The van der Waals surface area contributed by atoms with Crippen molar-refractivity contribution in [3.8, 4) is 5.75 Å². The first-order chi connectivity index (χ1) is 9.67. The molecule has 0 radical (unpaired) electrons. The molecule has 0 aliphatic carbocycles. The number of ether oxygens (including phenoxy) is 1. The molecule has 106 valence electrons. The average molecular weight is 290 g/mol. The van der Waals surface area contributed by atoms with Crippen molar-refractivity contribution in [2.45, 2.75) is 25.8 Å². The van der Waals surface area contributed by atoms with Gasteiger partial charge in [0.1, 0.15) is 12.4 Å². The third kappa shape index (κ3) is 4.55. The fraction of sp³-hybridized carbons (Fsp3) is 0.294. The maximum Gasteiger partial charge on any atom is 0.120 e. The van der Waals surface area contributed by atoms with E-state index in [2.05, 4.69) is 31.2 Å². The van der Waals surface area contributed by atoms with Crippen LogP contribution in [0.25, 0.3) is 0 Å². The van der Waals surface area contributed by atoms with Crippen LogP contribution in [0.2, 0.25) is 5.02 Å². The first-order valence-corrected chi connectivity index (χ1v) is 7.27. The molecule has 0 aliphatic heterocycles. The number of rotatable bonds is 6. The van der Waals surface area contributed by atoms with Crippen LogP contribution in [0.4, 0.5) is 0 Å². The summed E-state index contributed by atoms with van der Waals surface area (Å²) in [5.41, 5.74) is 8.69. The molecule has 1 atom stereocenters. The lowest BCUT2D eigenvalue weighted by molar-refractivity contribution is 0.287. The SMILES string of the molecule is CCc1ccc(CC(N)COc2cccc(Cl)c2)cc1. The normalized spacial score (nSPS) is 12.2. The summed E-state index contributed by atoms with van der Waals surface area (Å²) in [6.45, 7) is 2.63. The first-order valence-electron chi connectivity index (χ1n) is 6.89. The van der Waals surface area contributed by atoms with Crippen LogP contribution in [-0.2, 0) is 12.8 Å². The van der Waals surface area contributed by atoms with Crippen molar-refractivity contribution in [2.24, 2.45) is 5.73 Å². The molecule has 1 unspecified atom stereocenters. The van der Waals surface area contributed by atoms with Crippen LogP contribution in [0.5, 0.6) is 5.75 Å². The molecule has 3 heteroatoms. The lowest BCUT2D eigenvalue weighted by Crippen LogP contribution is -2.30. The van der Waals surface area contributed by atoms with Gasteiger partial charge in [0, 0.05) is 11.1 Å². The van der Waals surface area contributed by atoms with Crippen molar-refractivity contribution < 1.29 is 4.74 Å². The standard InChI is InChI=1S/C17H20ClNO/c1-2-13-6-8-14(9-7-13)10-16(19)12-20-17-5-3-4-15(18)11-17/h3-9,11,16H,2,10,12,19H2,1H3. The molecule has 0 aromatic heterocycles. The average Bonchev–Trinajstić information content (AvgIpc) is 2.46. The molecule has 2 aromatic carbocycles. The largest absolute Gasteiger partial charge is 0.492 e. The van der Waals surface area contributed by atoms with E-state index in [1.165, 1.54) is 11.1 Å². The molecule has 2 nitrogen and oxygen atoms in total. The molecular weight excluding hydrogens is 270 g/mol. The van der Waals surface area contributed by atoms with E-state index in [1.807, 2.05) is 18.2 Å². The summed E-state index contributed by atoms with van der Waals surface area (Å²) >= 11 is 5.91. The van der Waals surface area contributed by atoms with E-state index in [0.29, 0.717) is 11.6 Å². The van der Waals surface area contributed by atoms with Gasteiger partial charge in [0.05, 0.1) is 0 Å². The smallest absolute Gasteiger partial charge is 0.120 e. The number of hydrogen-bond donors (Lipinski definition) is 1. The van der Waals surface area contributed by atoms with E-state index in [9.17, 15) is 0 Å². The topological polar surface area (TPSA) is 35.2 Å². The highest BCUT2D eigenvalue weighted by molar-refractivity contribution is 6.30. The molecule has 0 saturated heterocycles. The Morgan fingerprint density at radius 2 is 1.80 bits per heavy atom. The number of hydrogen-bond acceptors (Lipinski definition) is 2. The number of aryl methyl sites for hydroxylation is 1. The zero-order chi connectivity index (χ0) is 14.4. The Labute approximate surface area is 125 Å². The summed E-state index contributed by atoms with van der Waals surface area (Å²) in [7, 11) is 0. The lowest BCUT2D eigenvalue weighted by Gasteiger charge is -2.13. The Morgan fingerprint density at radius 3 is 2.45 bits per heavy atom. The molecule has 0 bridgehead atoms. The minimum atomic E-state index is -0.0264. The number of benzene rings is 2. The Balaban J connectivity index is 1.84. The fourth-order valence-electron chi connectivity index (χ4n) is 2.03. The van der Waals surface area contributed by atoms with E-state index in [-0.39, 0.29) is 6.04 Å². The van der Waals surface area contributed by atoms with Gasteiger partial charge >= 0.3 is 0 Å². The van der Waals surface area contributed by atoms with E-state index >= 15 is 0 Å². The van der Waals surface area contributed by atoms with E-state index in [4.69, 9.17) is 22.1 Å². The Bertz CT molecular complexity index is 539. The molecule has 0 saturated carbocycles. The second-order valence-electron chi connectivity index (χ2n) is 4.90. The molecule has 0 fully saturated rings. The van der Waals surface area contributed by atoms with E-state index in [0.717, 1.165) is 18.6 Å². The molecule has 2 aromatic rings. The first kappa shape index (κ1) is 14.9. The third-order valence-corrected chi connectivity index (χ3v) is 3.42. The molecule has 0 aliphatic rings. The summed E-state index contributed by atoms with van der Waals surface area (Å²) in [5, 5.41) is 0.672. The van der Waals surface area contributed by atoms with Crippen LogP contribution in [-0.4, -0.2) is 12.6 Å². The predicted octanol–water partition coefficient (Wildman–Crippen LogP) is 3.85. The van der Waals surface area contributed by atoms with Crippen molar-refractivity contribution in [3.05, 3.63) is 64.7 Å². The van der Waals surface area contributed by atoms with Crippen molar-refractivity contribution >= 4 is 11.6 Å². The summed E-state index contributed by atoms with van der Waals surface area (Å²) in [6.07, 6.45) is 1.87. The van der Waals surface area contributed by atoms with Crippen LogP contribution in [0.3, 0.4) is 0 Å². The van der Waals surface area contributed by atoms with Gasteiger partial charge in [0.25, 0.3) is 0 Å². The minimum Gasteiger partial charge on any atom is -0.492 e. The van der Waals surface area contributed by atoms with Crippen LogP contribution in [0, 0.1) is 0 Å². The van der Waals surface area contributed by atoms with Gasteiger partial charge in [-0.25, -0.2) is 0 Å². The van der Waals surface area contributed by atoms with Gasteiger partial charge in [-0.15, -0.1) is 0 Å². The van der Waals surface area contributed by atoms with Gasteiger partial charge in [-0.2, -0.15) is 0 Å². The van der Waals surface area contributed by atoms with Gasteiger partial charge < -0.3 is 10.5 Å². The number of halogens is 1. The summed E-state index contributed by atoms with van der Waals surface area (Å²) in [4.78, 5) is 0. The highest BCUT2D eigenvalue weighted by Gasteiger charge is 2.06. The van der Waals surface area contributed by atoms with Crippen molar-refractivity contribution in [3.63, 3.8) is 0 Å². The van der Waals surface area contributed by atoms with Gasteiger partial charge in [0.15, 0.2) is 0 Å². The molecule has 2 rings (SSSR count). The van der Waals surface area contributed by atoms with Gasteiger partial charge in [-0.1, -0.05) is 48.9 Å². The summed E-state index contributed by atoms with van der Waals surface area (Å²) in [5.74, 6) is 0.759. The van der Waals surface area contributed by atoms with E-state index < -0.39 is 0 Å². The second-order valence-corrected chi connectivity index (χ2v) is 5.34. The molecule has 20 heavy (non-hydrogen) atoms. The predicted molar refractivity (Wildman–Crippen MR) is 84.4 cm³/mol. The Hall–Kier alpha value is -1.51. The quantitative estimate of drug-likeness (QED) is 0.876. The molecular formula is C17H20ClNO. The monoisotopic (exact) mass is 289 g/mol. The van der Waals surface area contributed by atoms with Crippen molar-refractivity contribution in [2.75, 3.05) is 6.61 Å². The molecule has 0 heterocycles. The van der Waals surface area contributed by atoms with Crippen LogP contribution >= 0.6 is 11.6 Å². The van der Waals surface area contributed by atoms with Gasteiger partial charge in [-0.05, 0) is 42.2 Å². The highest BCUT2D eigenvalue weighted by atomic mass is 35.5. The number of nitrogens with two attached hydrogens (primary N) is 1. The maximum atomic E-state index is 6.10. The van der Waals surface area contributed by atoms with Crippen molar-refractivity contribution in [1.82, 2.24) is 0 Å². The Kier molecular flexibility index (Phi) is 5.45. The summed E-state index contributed by atoms with van der Waals surface area (Å²) in [6, 6.07) is 15.9. The molecule has 0 amide bonds. The fourth-order valence-corrected chi connectivity index (χ4v) is 2.21. The maximum absolute atomic E-state index is 6.10.